The van der Waals surface area contributed by atoms with Gasteiger partial charge in [-0.15, -0.1) is 0 Å². The SMILES string of the molecule is COC1(c2noc(COCC(=O)O)n2)CCC1. The van der Waals surface area contributed by atoms with Crippen molar-refractivity contribution in [1.29, 1.82) is 0 Å². The third-order valence-electron chi connectivity index (χ3n) is 2.88. The Morgan fingerprint density at radius 2 is 2.35 bits per heavy atom. The molecular formula is C10H14N2O5. The Balaban J connectivity index is 1.94. The number of methoxy groups -OCH3 is 1. The van der Waals surface area contributed by atoms with Gasteiger partial charge in [0.05, 0.1) is 0 Å². The molecule has 1 aromatic heterocycles. The number of hydrogen-bond donors (Lipinski definition) is 1. The fourth-order valence-electron chi connectivity index (χ4n) is 1.74. The minimum absolute atomic E-state index is 0.000899. The molecule has 0 radical (unpaired) electrons. The predicted molar refractivity (Wildman–Crippen MR) is 54.1 cm³/mol. The Bertz CT molecular complexity index is 394. The van der Waals surface area contributed by atoms with Gasteiger partial charge in [-0.2, -0.15) is 4.98 Å². The number of nitrogens with zero attached hydrogens (tertiary/aromatic N) is 2. The molecule has 94 valence electrons. The van der Waals surface area contributed by atoms with Crippen molar-refractivity contribution >= 4 is 5.97 Å². The van der Waals surface area contributed by atoms with Crippen LogP contribution in [-0.4, -0.2) is 34.9 Å². The highest BCUT2D eigenvalue weighted by atomic mass is 16.5. The molecule has 7 heteroatoms. The predicted octanol–water partition coefficient (Wildman–Crippen LogP) is 0.696. The number of aromatic nitrogens is 2. The fourth-order valence-corrected chi connectivity index (χ4v) is 1.74. The van der Waals surface area contributed by atoms with Gasteiger partial charge in [0, 0.05) is 7.11 Å². The molecule has 1 heterocycles. The van der Waals surface area contributed by atoms with Crippen LogP contribution in [0.2, 0.25) is 0 Å². The van der Waals surface area contributed by atoms with Crippen LogP contribution >= 0.6 is 0 Å². The average Bonchev–Trinajstić information content (AvgIpc) is 2.66. The quantitative estimate of drug-likeness (QED) is 0.784. The molecule has 1 aliphatic rings. The highest BCUT2D eigenvalue weighted by Crippen LogP contribution is 2.42. The second-order valence-electron chi connectivity index (χ2n) is 3.95. The Labute approximate surface area is 97.7 Å². The molecular weight excluding hydrogens is 228 g/mol. The van der Waals surface area contributed by atoms with Crippen LogP contribution in [0.25, 0.3) is 0 Å². The van der Waals surface area contributed by atoms with Crippen LogP contribution in [0.15, 0.2) is 4.52 Å². The van der Waals surface area contributed by atoms with Crippen molar-refractivity contribution in [2.75, 3.05) is 13.7 Å². The summed E-state index contributed by atoms with van der Waals surface area (Å²) in [6.07, 6.45) is 2.82. The Hall–Kier alpha value is -1.47. The van der Waals surface area contributed by atoms with Crippen molar-refractivity contribution in [3.63, 3.8) is 0 Å². The lowest BCUT2D eigenvalue weighted by Crippen LogP contribution is -2.37. The molecule has 0 aromatic carbocycles. The van der Waals surface area contributed by atoms with E-state index >= 15 is 0 Å². The first kappa shape index (κ1) is 12.0. The van der Waals surface area contributed by atoms with Crippen molar-refractivity contribution < 1.29 is 23.9 Å². The second kappa shape index (κ2) is 4.80. The molecule has 17 heavy (non-hydrogen) atoms. The maximum Gasteiger partial charge on any atom is 0.329 e. The van der Waals surface area contributed by atoms with Gasteiger partial charge in [0.15, 0.2) is 0 Å². The molecule has 1 saturated carbocycles. The monoisotopic (exact) mass is 242 g/mol. The van der Waals surface area contributed by atoms with Gasteiger partial charge in [-0.3, -0.25) is 0 Å². The van der Waals surface area contributed by atoms with Gasteiger partial charge in [-0.1, -0.05) is 5.16 Å². The summed E-state index contributed by atoms with van der Waals surface area (Å²) >= 11 is 0. The molecule has 0 unspecified atom stereocenters. The first-order valence-corrected chi connectivity index (χ1v) is 5.34. The standard InChI is InChI=1S/C10H14N2O5/c1-15-10(3-2-4-10)9-11-7(17-12-9)5-16-6-8(13)14/h2-6H2,1H3,(H,13,14). The van der Waals surface area contributed by atoms with Crippen molar-refractivity contribution in [3.05, 3.63) is 11.7 Å². The zero-order valence-corrected chi connectivity index (χ0v) is 9.51. The highest BCUT2D eigenvalue weighted by Gasteiger charge is 2.43. The fraction of sp³-hybridized carbons (Fsp3) is 0.700. The summed E-state index contributed by atoms with van der Waals surface area (Å²) in [5, 5.41) is 12.2. The van der Waals surface area contributed by atoms with E-state index in [1.54, 1.807) is 7.11 Å². The Morgan fingerprint density at radius 3 is 2.88 bits per heavy atom. The van der Waals surface area contributed by atoms with E-state index in [1.165, 1.54) is 0 Å². The van der Waals surface area contributed by atoms with Crippen LogP contribution in [0.3, 0.4) is 0 Å². The molecule has 7 nitrogen and oxygen atoms in total. The lowest BCUT2D eigenvalue weighted by atomic mass is 9.79. The highest BCUT2D eigenvalue weighted by molar-refractivity contribution is 5.67. The van der Waals surface area contributed by atoms with Crippen molar-refractivity contribution in [2.24, 2.45) is 0 Å². The summed E-state index contributed by atoms with van der Waals surface area (Å²) in [7, 11) is 1.62. The number of aliphatic carboxylic acids is 1. The first-order chi connectivity index (χ1) is 8.16. The van der Waals surface area contributed by atoms with E-state index in [9.17, 15) is 4.79 Å². The zero-order valence-electron chi connectivity index (χ0n) is 9.51. The molecule has 0 atom stereocenters. The van der Waals surface area contributed by atoms with Crippen molar-refractivity contribution in [2.45, 2.75) is 31.5 Å². The topological polar surface area (TPSA) is 94.7 Å². The van der Waals surface area contributed by atoms with Gasteiger partial charge in [0.1, 0.15) is 18.8 Å². The number of hydrogen-bond acceptors (Lipinski definition) is 6. The van der Waals surface area contributed by atoms with Gasteiger partial charge < -0.3 is 19.1 Å². The van der Waals surface area contributed by atoms with Gasteiger partial charge in [-0.05, 0) is 19.3 Å². The van der Waals surface area contributed by atoms with E-state index < -0.39 is 11.6 Å². The summed E-state index contributed by atoms with van der Waals surface area (Å²) in [5.41, 5.74) is -0.422. The van der Waals surface area contributed by atoms with E-state index in [2.05, 4.69) is 10.1 Å². The maximum atomic E-state index is 10.2. The minimum atomic E-state index is -1.03. The molecule has 0 spiro atoms. The number of carboxylic acid groups (broad SMARTS) is 1. The smallest absolute Gasteiger partial charge is 0.329 e. The molecule has 1 fully saturated rings. The molecule has 0 saturated heterocycles. The van der Waals surface area contributed by atoms with Crippen LogP contribution in [-0.2, 0) is 26.5 Å². The van der Waals surface area contributed by atoms with E-state index in [4.69, 9.17) is 19.1 Å². The van der Waals surface area contributed by atoms with Crippen LogP contribution in [0, 0.1) is 0 Å². The van der Waals surface area contributed by atoms with E-state index in [-0.39, 0.29) is 19.1 Å². The van der Waals surface area contributed by atoms with Gasteiger partial charge in [0.2, 0.25) is 5.82 Å². The molecule has 1 aliphatic carbocycles. The Kier molecular flexibility index (Phi) is 3.39. The van der Waals surface area contributed by atoms with Crippen LogP contribution < -0.4 is 0 Å². The van der Waals surface area contributed by atoms with E-state index in [0.717, 1.165) is 19.3 Å². The van der Waals surface area contributed by atoms with Crippen molar-refractivity contribution in [1.82, 2.24) is 10.1 Å². The van der Waals surface area contributed by atoms with Gasteiger partial charge in [-0.25, -0.2) is 4.79 Å². The molecule has 0 bridgehead atoms. The first-order valence-electron chi connectivity index (χ1n) is 5.34. The molecule has 1 aromatic rings. The third kappa shape index (κ3) is 2.45. The maximum absolute atomic E-state index is 10.2. The molecule has 0 aliphatic heterocycles. The van der Waals surface area contributed by atoms with Crippen molar-refractivity contribution in [3.8, 4) is 0 Å². The lowest BCUT2D eigenvalue weighted by molar-refractivity contribution is -0.142. The summed E-state index contributed by atoms with van der Waals surface area (Å²) in [4.78, 5) is 14.4. The minimum Gasteiger partial charge on any atom is -0.480 e. The van der Waals surface area contributed by atoms with Gasteiger partial charge >= 0.3 is 5.97 Å². The number of carbonyl (C=O) groups is 1. The number of carboxylic acids is 1. The zero-order chi connectivity index (χ0) is 12.3. The molecule has 0 amide bonds. The second-order valence-corrected chi connectivity index (χ2v) is 3.95. The molecule has 1 N–H and O–H groups in total. The summed E-state index contributed by atoms with van der Waals surface area (Å²) < 4.78 is 15.2. The van der Waals surface area contributed by atoms with Gasteiger partial charge in [0.25, 0.3) is 5.89 Å². The summed E-state index contributed by atoms with van der Waals surface area (Å²) in [6.45, 7) is -0.383. The number of ether oxygens (including phenoxy) is 2. The van der Waals surface area contributed by atoms with Crippen LogP contribution in [0.5, 0.6) is 0 Å². The largest absolute Gasteiger partial charge is 0.480 e. The summed E-state index contributed by atoms with van der Waals surface area (Å²) in [5.74, 6) is -0.248. The number of rotatable bonds is 6. The average molecular weight is 242 g/mol. The van der Waals surface area contributed by atoms with Crippen LogP contribution in [0.4, 0.5) is 0 Å². The summed E-state index contributed by atoms with van der Waals surface area (Å²) in [6, 6.07) is 0. The Morgan fingerprint density at radius 1 is 1.59 bits per heavy atom. The lowest BCUT2D eigenvalue weighted by Gasteiger charge is -2.37. The normalized spacial score (nSPS) is 17.7. The van der Waals surface area contributed by atoms with E-state index in [0.29, 0.717) is 5.82 Å². The van der Waals surface area contributed by atoms with E-state index in [1.807, 2.05) is 0 Å². The van der Waals surface area contributed by atoms with Crippen LogP contribution in [0.1, 0.15) is 31.0 Å². The molecule has 2 rings (SSSR count). The third-order valence-corrected chi connectivity index (χ3v) is 2.88.